The van der Waals surface area contributed by atoms with Crippen molar-refractivity contribution < 1.29 is 4.79 Å². The number of hydrogen-bond acceptors (Lipinski definition) is 4. The van der Waals surface area contributed by atoms with Gasteiger partial charge in [0.1, 0.15) is 5.82 Å². The van der Waals surface area contributed by atoms with E-state index in [1.54, 1.807) is 30.7 Å². The highest BCUT2D eigenvalue weighted by Gasteiger charge is 2.14. The number of halogens is 2. The van der Waals surface area contributed by atoms with Gasteiger partial charge in [-0.1, -0.05) is 0 Å². The monoisotopic (exact) mass is 398 g/mol. The van der Waals surface area contributed by atoms with E-state index in [4.69, 9.17) is 0 Å². The average Bonchev–Trinajstić information content (AvgIpc) is 2.43. The van der Waals surface area contributed by atoms with Crippen molar-refractivity contribution in [1.29, 1.82) is 0 Å². The lowest BCUT2D eigenvalue weighted by molar-refractivity contribution is 0.102. The Balaban J connectivity index is 2.29. The quantitative estimate of drug-likeness (QED) is 0.822. The zero-order valence-corrected chi connectivity index (χ0v) is 13.8. The Hall–Kier alpha value is -1.47. The van der Waals surface area contributed by atoms with Crippen molar-refractivity contribution in [2.45, 2.75) is 6.92 Å². The van der Waals surface area contributed by atoms with E-state index in [9.17, 15) is 4.79 Å². The standard InChI is InChI=1S/C13H12Br2N4O/c1-2-17-12-9(5-8(14)6-18-12)13(20)19-11-3-4-16-7-10(11)15/h3-7H,2H2,1H3,(H,17,18)(H,16,19,20). The van der Waals surface area contributed by atoms with Crippen LogP contribution in [0.2, 0.25) is 0 Å². The van der Waals surface area contributed by atoms with Crippen LogP contribution in [0.4, 0.5) is 11.5 Å². The molecule has 0 fully saturated rings. The lowest BCUT2D eigenvalue weighted by Crippen LogP contribution is -2.16. The molecule has 0 unspecified atom stereocenters. The molecule has 0 spiro atoms. The summed E-state index contributed by atoms with van der Waals surface area (Å²) < 4.78 is 1.47. The molecular weight excluding hydrogens is 388 g/mol. The number of nitrogens with one attached hydrogen (secondary N) is 2. The molecule has 2 aromatic rings. The van der Waals surface area contributed by atoms with Crippen molar-refractivity contribution >= 4 is 49.3 Å². The van der Waals surface area contributed by atoms with Gasteiger partial charge in [0, 0.05) is 29.6 Å². The number of carbonyl (C=O) groups is 1. The molecule has 0 aromatic carbocycles. The largest absolute Gasteiger partial charge is 0.370 e. The molecule has 0 saturated carbocycles. The number of hydrogen-bond donors (Lipinski definition) is 2. The van der Waals surface area contributed by atoms with Gasteiger partial charge in [0.2, 0.25) is 0 Å². The van der Waals surface area contributed by atoms with E-state index in [1.165, 1.54) is 0 Å². The van der Waals surface area contributed by atoms with E-state index < -0.39 is 0 Å². The molecule has 7 heteroatoms. The van der Waals surface area contributed by atoms with E-state index in [0.29, 0.717) is 23.6 Å². The van der Waals surface area contributed by atoms with Crippen LogP contribution >= 0.6 is 31.9 Å². The molecule has 5 nitrogen and oxygen atoms in total. The second-order valence-corrected chi connectivity index (χ2v) is 5.66. The van der Waals surface area contributed by atoms with Crippen LogP contribution in [0.1, 0.15) is 17.3 Å². The van der Waals surface area contributed by atoms with Gasteiger partial charge < -0.3 is 10.6 Å². The minimum absolute atomic E-state index is 0.235. The van der Waals surface area contributed by atoms with Crippen molar-refractivity contribution in [3.63, 3.8) is 0 Å². The van der Waals surface area contributed by atoms with E-state index in [0.717, 1.165) is 8.95 Å². The van der Waals surface area contributed by atoms with Crippen molar-refractivity contribution in [3.05, 3.63) is 45.2 Å². The second-order valence-electron chi connectivity index (χ2n) is 3.89. The molecule has 2 N–H and O–H groups in total. The summed E-state index contributed by atoms with van der Waals surface area (Å²) in [5.41, 5.74) is 1.14. The number of anilines is 2. The van der Waals surface area contributed by atoms with Gasteiger partial charge in [-0.2, -0.15) is 0 Å². The molecule has 0 saturated heterocycles. The van der Waals surface area contributed by atoms with Crippen LogP contribution in [0.25, 0.3) is 0 Å². The fraction of sp³-hybridized carbons (Fsp3) is 0.154. The molecule has 0 bridgehead atoms. The highest BCUT2D eigenvalue weighted by Crippen LogP contribution is 2.23. The predicted octanol–water partition coefficient (Wildman–Crippen LogP) is 3.69. The van der Waals surface area contributed by atoms with Crippen LogP contribution in [0, 0.1) is 0 Å². The first-order valence-electron chi connectivity index (χ1n) is 5.92. The number of aromatic nitrogens is 2. The topological polar surface area (TPSA) is 66.9 Å². The van der Waals surface area contributed by atoms with Crippen LogP contribution in [0.5, 0.6) is 0 Å². The van der Waals surface area contributed by atoms with E-state index in [1.807, 2.05) is 6.92 Å². The van der Waals surface area contributed by atoms with Gasteiger partial charge in [0.05, 0.1) is 15.7 Å². The zero-order valence-electron chi connectivity index (χ0n) is 10.7. The highest BCUT2D eigenvalue weighted by atomic mass is 79.9. The number of rotatable bonds is 4. The van der Waals surface area contributed by atoms with Crippen LogP contribution in [-0.2, 0) is 0 Å². The summed E-state index contributed by atoms with van der Waals surface area (Å²) in [5.74, 6) is 0.319. The zero-order chi connectivity index (χ0) is 14.5. The molecule has 0 aliphatic rings. The summed E-state index contributed by atoms with van der Waals surface area (Å²) in [6.45, 7) is 2.64. The normalized spacial score (nSPS) is 10.2. The van der Waals surface area contributed by atoms with E-state index >= 15 is 0 Å². The summed E-state index contributed by atoms with van der Waals surface area (Å²) in [4.78, 5) is 20.5. The summed E-state index contributed by atoms with van der Waals surface area (Å²) in [7, 11) is 0. The molecule has 2 rings (SSSR count). The molecular formula is C13H12Br2N4O. The maximum atomic E-state index is 12.4. The molecule has 0 atom stereocenters. The third-order valence-electron chi connectivity index (χ3n) is 2.46. The first-order chi connectivity index (χ1) is 9.61. The molecule has 0 radical (unpaired) electrons. The third kappa shape index (κ3) is 3.55. The van der Waals surface area contributed by atoms with Gasteiger partial charge in [0.15, 0.2) is 0 Å². The summed E-state index contributed by atoms with van der Waals surface area (Å²) >= 11 is 6.67. The molecule has 1 amide bonds. The SMILES string of the molecule is CCNc1ncc(Br)cc1C(=O)Nc1ccncc1Br. The Labute approximate surface area is 133 Å². The summed E-state index contributed by atoms with van der Waals surface area (Å²) in [6.07, 6.45) is 4.89. The molecule has 2 heterocycles. The Bertz CT molecular complexity index is 634. The van der Waals surface area contributed by atoms with Gasteiger partial charge in [-0.3, -0.25) is 9.78 Å². The minimum Gasteiger partial charge on any atom is -0.370 e. The third-order valence-corrected chi connectivity index (χ3v) is 3.53. The summed E-state index contributed by atoms with van der Waals surface area (Å²) in [6, 6.07) is 3.45. The van der Waals surface area contributed by atoms with Crippen LogP contribution in [0.3, 0.4) is 0 Å². The number of amides is 1. The molecule has 0 aliphatic heterocycles. The van der Waals surface area contributed by atoms with Gasteiger partial charge in [-0.05, 0) is 50.9 Å². The van der Waals surface area contributed by atoms with Crippen LogP contribution in [-0.4, -0.2) is 22.4 Å². The average molecular weight is 400 g/mol. The van der Waals surface area contributed by atoms with E-state index in [2.05, 4.69) is 52.5 Å². The number of pyridine rings is 2. The molecule has 0 aliphatic carbocycles. The Morgan fingerprint density at radius 3 is 2.85 bits per heavy atom. The lowest BCUT2D eigenvalue weighted by Gasteiger charge is -2.11. The second kappa shape index (κ2) is 6.81. The van der Waals surface area contributed by atoms with Crippen molar-refractivity contribution in [2.75, 3.05) is 17.2 Å². The van der Waals surface area contributed by atoms with Gasteiger partial charge in [-0.15, -0.1) is 0 Å². The Morgan fingerprint density at radius 2 is 2.15 bits per heavy atom. The molecule has 104 valence electrons. The maximum absolute atomic E-state index is 12.4. The smallest absolute Gasteiger partial charge is 0.259 e. The highest BCUT2D eigenvalue weighted by molar-refractivity contribution is 9.10. The molecule has 20 heavy (non-hydrogen) atoms. The predicted molar refractivity (Wildman–Crippen MR) is 86.0 cm³/mol. The van der Waals surface area contributed by atoms with Gasteiger partial charge in [-0.25, -0.2) is 4.98 Å². The summed E-state index contributed by atoms with van der Waals surface area (Å²) in [5, 5.41) is 5.89. The van der Waals surface area contributed by atoms with Gasteiger partial charge in [0.25, 0.3) is 5.91 Å². The van der Waals surface area contributed by atoms with Gasteiger partial charge >= 0.3 is 0 Å². The first kappa shape index (κ1) is 14.9. The van der Waals surface area contributed by atoms with Crippen LogP contribution < -0.4 is 10.6 Å². The number of nitrogens with zero attached hydrogens (tertiary/aromatic N) is 2. The first-order valence-corrected chi connectivity index (χ1v) is 7.50. The minimum atomic E-state index is -0.235. The fourth-order valence-corrected chi connectivity index (χ4v) is 2.27. The Kier molecular flexibility index (Phi) is 5.08. The van der Waals surface area contributed by atoms with Crippen molar-refractivity contribution in [2.24, 2.45) is 0 Å². The number of carbonyl (C=O) groups excluding carboxylic acids is 1. The van der Waals surface area contributed by atoms with Crippen molar-refractivity contribution in [3.8, 4) is 0 Å². The fourth-order valence-electron chi connectivity index (χ4n) is 1.59. The molecule has 2 aromatic heterocycles. The van der Waals surface area contributed by atoms with E-state index in [-0.39, 0.29) is 5.91 Å². The van der Waals surface area contributed by atoms with Crippen LogP contribution in [0.15, 0.2) is 39.7 Å². The van der Waals surface area contributed by atoms with Crippen molar-refractivity contribution in [1.82, 2.24) is 9.97 Å². The lowest BCUT2D eigenvalue weighted by atomic mass is 10.2. The maximum Gasteiger partial charge on any atom is 0.259 e. The Morgan fingerprint density at radius 1 is 1.35 bits per heavy atom.